The molecular formula is C14H22N2O5. The summed E-state index contributed by atoms with van der Waals surface area (Å²) < 4.78 is 5.68. The molecule has 2 N–H and O–H groups in total. The molecule has 0 spiro atoms. The molecule has 0 bridgehead atoms. The molecule has 2 aliphatic heterocycles. The van der Waals surface area contributed by atoms with Crippen LogP contribution in [0, 0.1) is 11.8 Å². The first-order valence-electron chi connectivity index (χ1n) is 7.28. The average Bonchev–Trinajstić information content (AvgIpc) is 2.64. The standard InChI is InChI=1S/C14H22N2O5/c1-7-8(2)21-9(3)12(7)14(20)16-5-4-15-13(19)10(16)6-11(17)18/h7-10,12H,4-6H2,1-3H3,(H,15,19)(H,17,18). The summed E-state index contributed by atoms with van der Waals surface area (Å²) in [7, 11) is 0. The Labute approximate surface area is 123 Å². The molecule has 118 valence electrons. The van der Waals surface area contributed by atoms with Crippen molar-refractivity contribution >= 4 is 17.8 Å². The van der Waals surface area contributed by atoms with Crippen molar-refractivity contribution in [2.24, 2.45) is 11.8 Å². The Morgan fingerprint density at radius 1 is 1.33 bits per heavy atom. The van der Waals surface area contributed by atoms with Gasteiger partial charge in [0.25, 0.3) is 0 Å². The number of carboxylic acid groups (broad SMARTS) is 1. The third-order valence-corrected chi connectivity index (χ3v) is 4.51. The van der Waals surface area contributed by atoms with E-state index in [0.717, 1.165) is 0 Å². The first-order valence-corrected chi connectivity index (χ1v) is 7.28. The summed E-state index contributed by atoms with van der Waals surface area (Å²) in [6, 6.07) is -0.931. The predicted octanol–water partition coefficient (Wildman–Crippen LogP) is -0.152. The van der Waals surface area contributed by atoms with Crippen LogP contribution in [0.5, 0.6) is 0 Å². The number of ether oxygens (including phenoxy) is 1. The molecule has 2 rings (SSSR count). The Morgan fingerprint density at radius 3 is 2.52 bits per heavy atom. The maximum absolute atomic E-state index is 12.8. The lowest BCUT2D eigenvalue weighted by molar-refractivity contribution is -0.151. The van der Waals surface area contributed by atoms with E-state index >= 15 is 0 Å². The number of hydrogen-bond acceptors (Lipinski definition) is 4. The van der Waals surface area contributed by atoms with Gasteiger partial charge in [-0.1, -0.05) is 6.92 Å². The lowest BCUT2D eigenvalue weighted by Crippen LogP contribution is -2.59. The third kappa shape index (κ3) is 3.02. The number of piperazine rings is 1. The summed E-state index contributed by atoms with van der Waals surface area (Å²) in [6.45, 7) is 6.41. The van der Waals surface area contributed by atoms with Crippen LogP contribution in [0.2, 0.25) is 0 Å². The topological polar surface area (TPSA) is 95.9 Å². The van der Waals surface area contributed by atoms with Crippen molar-refractivity contribution < 1.29 is 24.2 Å². The van der Waals surface area contributed by atoms with E-state index in [1.54, 1.807) is 0 Å². The van der Waals surface area contributed by atoms with Crippen molar-refractivity contribution in [3.8, 4) is 0 Å². The average molecular weight is 298 g/mol. The van der Waals surface area contributed by atoms with Gasteiger partial charge in [0.2, 0.25) is 11.8 Å². The molecule has 7 nitrogen and oxygen atoms in total. The highest BCUT2D eigenvalue weighted by molar-refractivity contribution is 5.92. The number of aliphatic carboxylic acids is 1. The summed E-state index contributed by atoms with van der Waals surface area (Å²) in [5, 5.41) is 11.6. The van der Waals surface area contributed by atoms with E-state index in [1.807, 2.05) is 20.8 Å². The van der Waals surface area contributed by atoms with E-state index in [4.69, 9.17) is 9.84 Å². The van der Waals surface area contributed by atoms with Crippen LogP contribution in [0.3, 0.4) is 0 Å². The number of carbonyl (C=O) groups is 3. The van der Waals surface area contributed by atoms with Crippen LogP contribution in [0.15, 0.2) is 0 Å². The Bertz CT molecular complexity index is 453. The molecule has 0 aromatic rings. The normalized spacial score (nSPS) is 36.4. The minimum atomic E-state index is -1.09. The molecule has 0 radical (unpaired) electrons. The van der Waals surface area contributed by atoms with Gasteiger partial charge in [0, 0.05) is 13.1 Å². The minimum Gasteiger partial charge on any atom is -0.481 e. The van der Waals surface area contributed by atoms with Crippen LogP contribution in [0.1, 0.15) is 27.2 Å². The van der Waals surface area contributed by atoms with Crippen LogP contribution >= 0.6 is 0 Å². The molecule has 2 aliphatic rings. The molecule has 7 heteroatoms. The smallest absolute Gasteiger partial charge is 0.305 e. The van der Waals surface area contributed by atoms with E-state index in [1.165, 1.54) is 4.90 Å². The van der Waals surface area contributed by atoms with Gasteiger partial charge in [0.1, 0.15) is 6.04 Å². The fourth-order valence-corrected chi connectivity index (χ4v) is 3.23. The van der Waals surface area contributed by atoms with E-state index in [9.17, 15) is 14.4 Å². The van der Waals surface area contributed by atoms with Gasteiger partial charge in [-0.15, -0.1) is 0 Å². The summed E-state index contributed by atoms with van der Waals surface area (Å²) in [5.41, 5.74) is 0. The fourth-order valence-electron chi connectivity index (χ4n) is 3.23. The Morgan fingerprint density at radius 2 is 2.00 bits per heavy atom. The van der Waals surface area contributed by atoms with Crippen molar-refractivity contribution in [1.82, 2.24) is 10.2 Å². The second kappa shape index (κ2) is 6.01. The number of rotatable bonds is 3. The van der Waals surface area contributed by atoms with Crippen LogP contribution < -0.4 is 5.32 Å². The molecule has 5 atom stereocenters. The second-order valence-corrected chi connectivity index (χ2v) is 5.87. The number of carboxylic acids is 1. The molecule has 21 heavy (non-hydrogen) atoms. The van der Waals surface area contributed by atoms with Gasteiger partial charge in [-0.05, 0) is 19.8 Å². The maximum atomic E-state index is 12.8. The van der Waals surface area contributed by atoms with Crippen LogP contribution in [0.25, 0.3) is 0 Å². The summed E-state index contributed by atoms with van der Waals surface area (Å²) in [4.78, 5) is 37.0. The number of hydrogen-bond donors (Lipinski definition) is 2. The monoisotopic (exact) mass is 298 g/mol. The predicted molar refractivity (Wildman–Crippen MR) is 73.4 cm³/mol. The van der Waals surface area contributed by atoms with Gasteiger partial charge in [0.05, 0.1) is 24.5 Å². The van der Waals surface area contributed by atoms with E-state index < -0.39 is 17.9 Å². The molecular weight excluding hydrogens is 276 g/mol. The molecule has 0 aromatic carbocycles. The van der Waals surface area contributed by atoms with Crippen LogP contribution in [0.4, 0.5) is 0 Å². The van der Waals surface area contributed by atoms with Gasteiger partial charge in [-0.25, -0.2) is 0 Å². The van der Waals surface area contributed by atoms with Gasteiger partial charge >= 0.3 is 5.97 Å². The van der Waals surface area contributed by atoms with E-state index in [-0.39, 0.29) is 36.4 Å². The quantitative estimate of drug-likeness (QED) is 0.755. The molecule has 2 fully saturated rings. The van der Waals surface area contributed by atoms with Crippen molar-refractivity contribution in [2.45, 2.75) is 45.4 Å². The van der Waals surface area contributed by atoms with Crippen molar-refractivity contribution in [3.05, 3.63) is 0 Å². The minimum absolute atomic E-state index is 0.0227. The highest BCUT2D eigenvalue weighted by Gasteiger charge is 2.46. The van der Waals surface area contributed by atoms with Gasteiger partial charge in [0.15, 0.2) is 0 Å². The summed E-state index contributed by atoms with van der Waals surface area (Å²) >= 11 is 0. The number of amides is 2. The van der Waals surface area contributed by atoms with E-state index in [0.29, 0.717) is 13.1 Å². The third-order valence-electron chi connectivity index (χ3n) is 4.51. The zero-order valence-corrected chi connectivity index (χ0v) is 12.5. The van der Waals surface area contributed by atoms with Crippen molar-refractivity contribution in [2.75, 3.05) is 13.1 Å². The zero-order chi connectivity index (χ0) is 15.7. The second-order valence-electron chi connectivity index (χ2n) is 5.87. The van der Waals surface area contributed by atoms with Crippen LogP contribution in [-0.2, 0) is 19.1 Å². The number of nitrogens with zero attached hydrogens (tertiary/aromatic N) is 1. The fraction of sp³-hybridized carbons (Fsp3) is 0.786. The van der Waals surface area contributed by atoms with Crippen LogP contribution in [-0.4, -0.2) is 59.1 Å². The Hall–Kier alpha value is -1.63. The SMILES string of the molecule is CC1OC(C)C(C(=O)N2CCNC(=O)C2CC(=O)O)C1C. The molecule has 0 aromatic heterocycles. The molecule has 2 amide bonds. The highest BCUT2D eigenvalue weighted by atomic mass is 16.5. The molecule has 0 aliphatic carbocycles. The summed E-state index contributed by atoms with van der Waals surface area (Å²) in [6.07, 6.45) is -0.618. The van der Waals surface area contributed by atoms with Gasteiger partial charge < -0.3 is 20.1 Å². The molecule has 5 unspecified atom stereocenters. The zero-order valence-electron chi connectivity index (χ0n) is 12.5. The first kappa shape index (κ1) is 15.8. The Kier molecular flexibility index (Phi) is 4.51. The largest absolute Gasteiger partial charge is 0.481 e. The number of carbonyl (C=O) groups excluding carboxylic acids is 2. The molecule has 2 saturated heterocycles. The molecule has 2 heterocycles. The maximum Gasteiger partial charge on any atom is 0.305 e. The molecule has 0 saturated carbocycles. The van der Waals surface area contributed by atoms with Gasteiger partial charge in [-0.2, -0.15) is 0 Å². The van der Waals surface area contributed by atoms with Gasteiger partial charge in [-0.3, -0.25) is 14.4 Å². The van der Waals surface area contributed by atoms with Crippen molar-refractivity contribution in [1.29, 1.82) is 0 Å². The van der Waals surface area contributed by atoms with Crippen molar-refractivity contribution in [3.63, 3.8) is 0 Å². The highest BCUT2D eigenvalue weighted by Crippen LogP contribution is 2.34. The summed E-state index contributed by atoms with van der Waals surface area (Å²) in [5.74, 6) is -1.96. The lowest BCUT2D eigenvalue weighted by atomic mass is 9.87. The first-order chi connectivity index (χ1) is 9.82. The number of nitrogens with one attached hydrogen (secondary N) is 1. The Balaban J connectivity index is 2.19. The lowest BCUT2D eigenvalue weighted by Gasteiger charge is -2.37. The van der Waals surface area contributed by atoms with E-state index in [2.05, 4.69) is 5.32 Å².